The molecule has 1 aromatic carbocycles. The zero-order chi connectivity index (χ0) is 21.2. The molecular formula is C24H20FN5S. The van der Waals surface area contributed by atoms with E-state index in [1.807, 2.05) is 59.3 Å². The highest BCUT2D eigenvalue weighted by Crippen LogP contribution is 2.40. The van der Waals surface area contributed by atoms with Crippen molar-refractivity contribution in [3.8, 4) is 5.69 Å². The second-order valence-electron chi connectivity index (χ2n) is 7.36. The van der Waals surface area contributed by atoms with E-state index in [1.165, 1.54) is 6.07 Å². The van der Waals surface area contributed by atoms with Gasteiger partial charge in [0.25, 0.3) is 0 Å². The first kappa shape index (κ1) is 19.4. The van der Waals surface area contributed by atoms with Gasteiger partial charge in [-0.25, -0.2) is 4.39 Å². The van der Waals surface area contributed by atoms with Crippen LogP contribution in [-0.4, -0.2) is 24.5 Å². The molecular weight excluding hydrogens is 409 g/mol. The van der Waals surface area contributed by atoms with Crippen molar-refractivity contribution in [1.82, 2.24) is 24.8 Å². The topological polar surface area (TPSA) is 46.0 Å². The summed E-state index contributed by atoms with van der Waals surface area (Å²) < 4.78 is 16.6. The largest absolute Gasteiger partial charge is 0.352 e. The molecule has 4 heterocycles. The molecule has 1 saturated heterocycles. The maximum atomic E-state index is 14.7. The standard InChI is InChI=1S/C24H20FN5S/c25-18-6-1-2-8-20(18)29-15-5-9-21(29)23-22(19-7-3-4-12-27-19)28-24(31)30(23)16-17-10-13-26-14-11-17/h1-15,22-23H,16H2,(H,28,31)/t22-,23-/m0/s1. The Morgan fingerprint density at radius 2 is 1.74 bits per heavy atom. The number of nitrogens with one attached hydrogen (secondary N) is 1. The van der Waals surface area contributed by atoms with Gasteiger partial charge in [-0.3, -0.25) is 9.97 Å². The molecule has 1 fully saturated rings. The van der Waals surface area contributed by atoms with E-state index in [-0.39, 0.29) is 17.9 Å². The lowest BCUT2D eigenvalue weighted by Crippen LogP contribution is -2.30. The average molecular weight is 430 g/mol. The van der Waals surface area contributed by atoms with E-state index in [2.05, 4.69) is 20.2 Å². The minimum absolute atomic E-state index is 0.170. The van der Waals surface area contributed by atoms with Crippen LogP contribution in [0.5, 0.6) is 0 Å². The van der Waals surface area contributed by atoms with Crippen LogP contribution in [0.1, 0.15) is 29.0 Å². The van der Waals surface area contributed by atoms with E-state index >= 15 is 0 Å². The lowest BCUT2D eigenvalue weighted by atomic mass is 10.0. The van der Waals surface area contributed by atoms with Gasteiger partial charge < -0.3 is 14.8 Å². The van der Waals surface area contributed by atoms with Crippen LogP contribution < -0.4 is 5.32 Å². The van der Waals surface area contributed by atoms with Gasteiger partial charge in [0.1, 0.15) is 5.82 Å². The highest BCUT2D eigenvalue weighted by atomic mass is 32.1. The molecule has 1 N–H and O–H groups in total. The quantitative estimate of drug-likeness (QED) is 0.471. The van der Waals surface area contributed by atoms with Crippen LogP contribution in [-0.2, 0) is 6.54 Å². The zero-order valence-electron chi connectivity index (χ0n) is 16.6. The Labute approximate surface area is 185 Å². The summed E-state index contributed by atoms with van der Waals surface area (Å²) in [5, 5.41) is 4.08. The molecule has 0 radical (unpaired) electrons. The van der Waals surface area contributed by atoms with Gasteiger partial charge in [-0.15, -0.1) is 0 Å². The number of para-hydroxylation sites is 1. The molecule has 3 aromatic heterocycles. The number of hydrogen-bond donors (Lipinski definition) is 1. The predicted molar refractivity (Wildman–Crippen MR) is 121 cm³/mol. The summed E-state index contributed by atoms with van der Waals surface area (Å²) in [5.74, 6) is -0.274. The number of hydrogen-bond acceptors (Lipinski definition) is 3. The fourth-order valence-corrected chi connectivity index (χ4v) is 4.39. The molecule has 1 aliphatic rings. The molecule has 1 aliphatic heterocycles. The van der Waals surface area contributed by atoms with Crippen molar-refractivity contribution in [2.45, 2.75) is 18.6 Å². The van der Waals surface area contributed by atoms with Crippen molar-refractivity contribution in [3.63, 3.8) is 0 Å². The van der Waals surface area contributed by atoms with Crippen LogP contribution in [0.15, 0.2) is 91.5 Å². The number of halogens is 1. The summed E-state index contributed by atoms with van der Waals surface area (Å²) >= 11 is 5.74. The van der Waals surface area contributed by atoms with E-state index in [9.17, 15) is 4.39 Å². The Balaban J connectivity index is 1.62. The van der Waals surface area contributed by atoms with Gasteiger partial charge in [0.05, 0.1) is 23.5 Å². The third-order valence-corrected chi connectivity index (χ3v) is 5.85. The van der Waals surface area contributed by atoms with Crippen LogP contribution >= 0.6 is 12.2 Å². The molecule has 4 aromatic rings. The lowest BCUT2D eigenvalue weighted by molar-refractivity contribution is 0.302. The number of benzene rings is 1. The fourth-order valence-electron chi connectivity index (χ4n) is 4.08. The van der Waals surface area contributed by atoms with Crippen LogP contribution in [0, 0.1) is 5.82 Å². The molecule has 31 heavy (non-hydrogen) atoms. The first-order valence-electron chi connectivity index (χ1n) is 10.0. The zero-order valence-corrected chi connectivity index (χ0v) is 17.4. The lowest BCUT2D eigenvalue weighted by Gasteiger charge is -2.29. The van der Waals surface area contributed by atoms with Crippen LogP contribution in [0.3, 0.4) is 0 Å². The van der Waals surface area contributed by atoms with Crippen LogP contribution in [0.25, 0.3) is 5.69 Å². The van der Waals surface area contributed by atoms with Crippen molar-refractivity contribution < 1.29 is 4.39 Å². The van der Waals surface area contributed by atoms with Gasteiger partial charge in [0.15, 0.2) is 5.11 Å². The fraction of sp³-hybridized carbons (Fsp3) is 0.125. The number of nitrogens with zero attached hydrogens (tertiary/aromatic N) is 4. The Kier molecular flexibility index (Phi) is 5.18. The second kappa shape index (κ2) is 8.28. The minimum atomic E-state index is -0.274. The monoisotopic (exact) mass is 429 g/mol. The van der Waals surface area contributed by atoms with Crippen molar-refractivity contribution in [3.05, 3.63) is 114 Å². The van der Waals surface area contributed by atoms with Crippen molar-refractivity contribution in [1.29, 1.82) is 0 Å². The molecule has 0 saturated carbocycles. The first-order chi connectivity index (χ1) is 15.2. The second-order valence-corrected chi connectivity index (χ2v) is 7.75. The van der Waals surface area contributed by atoms with Gasteiger partial charge >= 0.3 is 0 Å². The Hall–Kier alpha value is -3.58. The molecule has 154 valence electrons. The van der Waals surface area contributed by atoms with Crippen molar-refractivity contribution in [2.24, 2.45) is 0 Å². The maximum Gasteiger partial charge on any atom is 0.170 e. The van der Waals surface area contributed by atoms with E-state index in [0.29, 0.717) is 17.3 Å². The number of thiocarbonyl (C=S) groups is 1. The van der Waals surface area contributed by atoms with Gasteiger partial charge in [0, 0.05) is 37.0 Å². The maximum absolute atomic E-state index is 14.7. The average Bonchev–Trinajstić information content (AvgIpc) is 3.40. The van der Waals surface area contributed by atoms with Crippen molar-refractivity contribution in [2.75, 3.05) is 0 Å². The van der Waals surface area contributed by atoms with E-state index < -0.39 is 0 Å². The Morgan fingerprint density at radius 3 is 2.52 bits per heavy atom. The van der Waals surface area contributed by atoms with Gasteiger partial charge in [-0.2, -0.15) is 0 Å². The molecule has 0 spiro atoms. The number of rotatable bonds is 5. The summed E-state index contributed by atoms with van der Waals surface area (Å²) in [7, 11) is 0. The Bertz CT molecular complexity index is 1190. The minimum Gasteiger partial charge on any atom is -0.352 e. The third kappa shape index (κ3) is 3.68. The third-order valence-electron chi connectivity index (χ3n) is 5.50. The summed E-state index contributed by atoms with van der Waals surface area (Å²) in [4.78, 5) is 10.8. The summed E-state index contributed by atoms with van der Waals surface area (Å²) in [6.45, 7) is 0.602. The first-order valence-corrected chi connectivity index (χ1v) is 10.4. The van der Waals surface area contributed by atoms with Gasteiger partial charge in [0.2, 0.25) is 0 Å². The van der Waals surface area contributed by atoms with E-state index in [0.717, 1.165) is 17.0 Å². The predicted octanol–water partition coefficient (Wildman–Crippen LogP) is 4.58. The van der Waals surface area contributed by atoms with Gasteiger partial charge in [-0.1, -0.05) is 18.2 Å². The normalized spacial score (nSPS) is 18.2. The highest BCUT2D eigenvalue weighted by molar-refractivity contribution is 7.80. The molecule has 0 amide bonds. The Morgan fingerprint density at radius 1 is 0.935 bits per heavy atom. The summed E-state index contributed by atoms with van der Waals surface area (Å²) in [6.07, 6.45) is 7.21. The molecule has 2 atom stereocenters. The molecule has 7 heteroatoms. The number of aromatic nitrogens is 3. The molecule has 5 nitrogen and oxygen atoms in total. The molecule has 0 bridgehead atoms. The van der Waals surface area contributed by atoms with Crippen LogP contribution in [0.2, 0.25) is 0 Å². The summed E-state index contributed by atoms with van der Waals surface area (Å²) in [6, 6.07) is 20.2. The molecule has 0 aliphatic carbocycles. The molecule has 0 unspecified atom stereocenters. The van der Waals surface area contributed by atoms with E-state index in [4.69, 9.17) is 12.2 Å². The summed E-state index contributed by atoms with van der Waals surface area (Å²) in [5.41, 5.74) is 3.41. The van der Waals surface area contributed by atoms with Crippen molar-refractivity contribution >= 4 is 17.3 Å². The van der Waals surface area contributed by atoms with Gasteiger partial charge in [-0.05, 0) is 66.3 Å². The highest BCUT2D eigenvalue weighted by Gasteiger charge is 2.41. The SMILES string of the molecule is Fc1ccccc1-n1cccc1[C@H]1[C@H](c2ccccn2)NC(=S)N1Cc1ccncc1. The van der Waals surface area contributed by atoms with E-state index in [1.54, 1.807) is 30.7 Å². The van der Waals surface area contributed by atoms with Crippen LogP contribution in [0.4, 0.5) is 4.39 Å². The smallest absolute Gasteiger partial charge is 0.170 e. The number of pyridine rings is 2. The molecule has 5 rings (SSSR count).